The topological polar surface area (TPSA) is 46.2 Å². The summed E-state index contributed by atoms with van der Waals surface area (Å²) in [5.41, 5.74) is 8.44. The first kappa shape index (κ1) is 10.5. The van der Waals surface area contributed by atoms with Gasteiger partial charge in [0, 0.05) is 18.6 Å². The fraction of sp³-hybridized carbons (Fsp3) is 0.400. The number of halogens is 1. The van der Waals surface area contributed by atoms with Crippen molar-refractivity contribution in [3.63, 3.8) is 0 Å². The van der Waals surface area contributed by atoms with Gasteiger partial charge in [0.1, 0.15) is 0 Å². The van der Waals surface area contributed by atoms with Crippen molar-refractivity contribution in [3.8, 4) is 0 Å². The highest BCUT2D eigenvalue weighted by Gasteiger charge is 2.28. The highest BCUT2D eigenvalue weighted by atomic mass is 35.5. The van der Waals surface area contributed by atoms with E-state index in [9.17, 15) is 0 Å². The van der Waals surface area contributed by atoms with Gasteiger partial charge >= 0.3 is 0 Å². The maximum Gasteiger partial charge on any atom is 0.0480 e. The molecule has 2 nitrogen and oxygen atoms in total. The first-order valence-corrected chi connectivity index (χ1v) is 4.27. The van der Waals surface area contributed by atoms with E-state index in [0.29, 0.717) is 0 Å². The Bertz CT molecular complexity index is 290. The van der Waals surface area contributed by atoms with E-state index in [1.165, 1.54) is 11.1 Å². The Hall–Kier alpha value is -0.570. The summed E-state index contributed by atoms with van der Waals surface area (Å²) in [7, 11) is 0. The molecule has 0 bridgehead atoms. The van der Waals surface area contributed by atoms with Gasteiger partial charge in [-0.3, -0.25) is 0 Å². The Labute approximate surface area is 84.2 Å². The van der Waals surface area contributed by atoms with Crippen LogP contribution in [0.2, 0.25) is 0 Å². The normalized spacial score (nSPS) is 25.1. The molecule has 3 heteroatoms. The average Bonchev–Trinajstić information content (AvgIpc) is 2.44. The molecule has 2 rings (SSSR count). The number of aliphatic hydroxyl groups is 1. The van der Waals surface area contributed by atoms with Crippen molar-refractivity contribution in [2.75, 3.05) is 6.61 Å². The van der Waals surface area contributed by atoms with E-state index >= 15 is 0 Å². The molecule has 0 spiro atoms. The van der Waals surface area contributed by atoms with Crippen LogP contribution in [0.3, 0.4) is 0 Å². The van der Waals surface area contributed by atoms with Gasteiger partial charge in [-0.15, -0.1) is 12.4 Å². The summed E-state index contributed by atoms with van der Waals surface area (Å²) in [6.45, 7) is 0.190. The molecule has 1 aromatic carbocycles. The van der Waals surface area contributed by atoms with Gasteiger partial charge in [0.15, 0.2) is 0 Å². The third-order valence-corrected chi connectivity index (χ3v) is 2.64. The molecule has 0 aliphatic heterocycles. The van der Waals surface area contributed by atoms with Crippen LogP contribution in [0.1, 0.15) is 17.2 Å². The predicted molar refractivity (Wildman–Crippen MR) is 54.9 cm³/mol. The Morgan fingerprint density at radius 2 is 2.08 bits per heavy atom. The molecule has 0 fully saturated rings. The fourth-order valence-electron chi connectivity index (χ4n) is 1.89. The minimum atomic E-state index is 0. The Morgan fingerprint density at radius 1 is 1.38 bits per heavy atom. The van der Waals surface area contributed by atoms with Crippen LogP contribution in [0.25, 0.3) is 0 Å². The monoisotopic (exact) mass is 199 g/mol. The van der Waals surface area contributed by atoms with Gasteiger partial charge in [0.05, 0.1) is 0 Å². The van der Waals surface area contributed by atoms with Gasteiger partial charge in [-0.05, 0) is 17.5 Å². The van der Waals surface area contributed by atoms with Crippen molar-refractivity contribution in [1.82, 2.24) is 0 Å². The van der Waals surface area contributed by atoms with E-state index in [1.807, 2.05) is 12.1 Å². The van der Waals surface area contributed by atoms with Gasteiger partial charge in [0.25, 0.3) is 0 Å². The van der Waals surface area contributed by atoms with Crippen molar-refractivity contribution in [1.29, 1.82) is 0 Å². The van der Waals surface area contributed by atoms with E-state index in [-0.39, 0.29) is 31.0 Å². The smallest absolute Gasteiger partial charge is 0.0480 e. The molecule has 1 aliphatic rings. The molecule has 2 unspecified atom stereocenters. The number of benzene rings is 1. The average molecular weight is 200 g/mol. The lowest BCUT2D eigenvalue weighted by atomic mass is 10.0. The number of hydrogen-bond donors (Lipinski definition) is 2. The number of rotatable bonds is 1. The summed E-state index contributed by atoms with van der Waals surface area (Å²) in [4.78, 5) is 0. The molecule has 0 radical (unpaired) electrons. The zero-order valence-electron chi connectivity index (χ0n) is 7.31. The second-order valence-electron chi connectivity index (χ2n) is 3.37. The van der Waals surface area contributed by atoms with Gasteiger partial charge in [-0.25, -0.2) is 0 Å². The maximum atomic E-state index is 9.03. The van der Waals surface area contributed by atoms with Gasteiger partial charge in [-0.2, -0.15) is 0 Å². The summed E-state index contributed by atoms with van der Waals surface area (Å²) >= 11 is 0. The SMILES string of the molecule is Cl.NC1c2ccccc2CC1CO. The lowest BCUT2D eigenvalue weighted by Gasteiger charge is -2.11. The van der Waals surface area contributed by atoms with E-state index in [0.717, 1.165) is 6.42 Å². The van der Waals surface area contributed by atoms with E-state index in [4.69, 9.17) is 10.8 Å². The standard InChI is InChI=1S/C10H13NO.ClH/c11-10-8(6-12)5-7-3-1-2-4-9(7)10;/h1-4,8,10,12H,5-6,11H2;1H. The second-order valence-corrected chi connectivity index (χ2v) is 3.37. The number of hydrogen-bond acceptors (Lipinski definition) is 2. The van der Waals surface area contributed by atoms with E-state index in [2.05, 4.69) is 12.1 Å². The van der Waals surface area contributed by atoms with Crippen LogP contribution in [0.5, 0.6) is 0 Å². The zero-order valence-corrected chi connectivity index (χ0v) is 8.13. The summed E-state index contributed by atoms with van der Waals surface area (Å²) in [5.74, 6) is 0.224. The highest BCUT2D eigenvalue weighted by Crippen LogP contribution is 2.33. The van der Waals surface area contributed by atoms with Crippen LogP contribution in [-0.4, -0.2) is 11.7 Å². The van der Waals surface area contributed by atoms with Crippen molar-refractivity contribution >= 4 is 12.4 Å². The largest absolute Gasteiger partial charge is 0.396 e. The lowest BCUT2D eigenvalue weighted by molar-refractivity contribution is 0.214. The van der Waals surface area contributed by atoms with E-state index < -0.39 is 0 Å². The highest BCUT2D eigenvalue weighted by molar-refractivity contribution is 5.85. The van der Waals surface area contributed by atoms with Gasteiger partial charge in [0.2, 0.25) is 0 Å². The van der Waals surface area contributed by atoms with Gasteiger partial charge in [-0.1, -0.05) is 24.3 Å². The molecular weight excluding hydrogens is 186 g/mol. The first-order valence-electron chi connectivity index (χ1n) is 4.27. The maximum absolute atomic E-state index is 9.03. The molecule has 0 aromatic heterocycles. The lowest BCUT2D eigenvalue weighted by Crippen LogP contribution is -2.19. The third kappa shape index (κ3) is 1.70. The summed E-state index contributed by atoms with van der Waals surface area (Å²) < 4.78 is 0. The van der Waals surface area contributed by atoms with Crippen LogP contribution >= 0.6 is 12.4 Å². The second kappa shape index (κ2) is 4.09. The molecule has 0 heterocycles. The van der Waals surface area contributed by atoms with Crippen molar-refractivity contribution in [2.45, 2.75) is 12.5 Å². The Balaban J connectivity index is 0.000000845. The van der Waals surface area contributed by atoms with Crippen molar-refractivity contribution < 1.29 is 5.11 Å². The molecule has 0 saturated carbocycles. The Kier molecular flexibility index (Phi) is 3.31. The molecule has 1 aliphatic carbocycles. The molecule has 0 amide bonds. The fourth-order valence-corrected chi connectivity index (χ4v) is 1.89. The summed E-state index contributed by atoms with van der Waals surface area (Å²) in [5, 5.41) is 9.03. The third-order valence-electron chi connectivity index (χ3n) is 2.64. The zero-order chi connectivity index (χ0) is 8.55. The number of aliphatic hydroxyl groups excluding tert-OH is 1. The molecule has 72 valence electrons. The summed E-state index contributed by atoms with van der Waals surface area (Å²) in [6.07, 6.45) is 0.924. The minimum absolute atomic E-state index is 0. The molecule has 13 heavy (non-hydrogen) atoms. The van der Waals surface area contributed by atoms with Crippen molar-refractivity contribution in [2.24, 2.45) is 11.7 Å². The minimum Gasteiger partial charge on any atom is -0.396 e. The Morgan fingerprint density at radius 3 is 2.69 bits per heavy atom. The summed E-state index contributed by atoms with van der Waals surface area (Å²) in [6, 6.07) is 8.19. The molecule has 0 saturated heterocycles. The first-order chi connectivity index (χ1) is 5.83. The number of nitrogens with two attached hydrogens (primary N) is 1. The molecule has 1 aromatic rings. The number of fused-ring (bicyclic) bond motifs is 1. The van der Waals surface area contributed by atoms with Crippen LogP contribution in [0.4, 0.5) is 0 Å². The van der Waals surface area contributed by atoms with E-state index in [1.54, 1.807) is 0 Å². The predicted octanol–water partition coefficient (Wildman–Crippen LogP) is 1.27. The van der Waals surface area contributed by atoms with Crippen LogP contribution < -0.4 is 5.73 Å². The molecular formula is C10H14ClNO. The van der Waals surface area contributed by atoms with Crippen molar-refractivity contribution in [3.05, 3.63) is 35.4 Å². The van der Waals surface area contributed by atoms with Gasteiger partial charge < -0.3 is 10.8 Å². The quantitative estimate of drug-likeness (QED) is 0.716. The van der Waals surface area contributed by atoms with Crippen LogP contribution in [-0.2, 0) is 6.42 Å². The molecule has 3 N–H and O–H groups in total. The van der Waals surface area contributed by atoms with Crippen LogP contribution in [0, 0.1) is 5.92 Å². The van der Waals surface area contributed by atoms with Crippen LogP contribution in [0.15, 0.2) is 24.3 Å². The molecule has 2 atom stereocenters.